The van der Waals surface area contributed by atoms with Crippen LogP contribution in [0, 0.1) is 0 Å². The largest absolute Gasteiger partial charge is 0.456 e. The molecule has 0 unspecified atom stereocenters. The SMILES string of the molecule is CC1(C)c2ccccc2-c2ccc(-c3c4oc5cc(N(c6ccc(-c7cccc8c7sc7ccccc78)cc6)c6ccc7c(c6)C(C)(C)c6ccccc6-7)ccc5c4cc4oc5ccccc5c34)cc21. The summed E-state index contributed by atoms with van der Waals surface area (Å²) in [6.07, 6.45) is 0. The third-order valence-corrected chi connectivity index (χ3v) is 17.1. The Morgan fingerprint density at radius 2 is 0.957 bits per heavy atom. The van der Waals surface area contributed by atoms with Crippen LogP contribution in [-0.4, -0.2) is 0 Å². The maximum atomic E-state index is 7.29. The fourth-order valence-corrected chi connectivity index (χ4v) is 13.7. The molecule has 4 heteroatoms. The van der Waals surface area contributed by atoms with Crippen LogP contribution in [0.1, 0.15) is 49.9 Å². The Morgan fingerprint density at radius 1 is 0.371 bits per heavy atom. The number of hydrogen-bond donors (Lipinski definition) is 0. The maximum Gasteiger partial charge on any atom is 0.144 e. The second kappa shape index (κ2) is 14.2. The molecule has 0 bridgehead atoms. The zero-order valence-corrected chi connectivity index (χ0v) is 40.0. The van der Waals surface area contributed by atoms with Gasteiger partial charge in [-0.3, -0.25) is 0 Å². The van der Waals surface area contributed by atoms with Gasteiger partial charge in [0.2, 0.25) is 0 Å². The monoisotopic (exact) mass is 915 g/mol. The van der Waals surface area contributed by atoms with Crippen LogP contribution >= 0.6 is 11.3 Å². The molecule has 3 nitrogen and oxygen atoms in total. The van der Waals surface area contributed by atoms with E-state index in [4.69, 9.17) is 8.83 Å². The van der Waals surface area contributed by atoms with E-state index in [1.165, 1.54) is 75.8 Å². The van der Waals surface area contributed by atoms with Crippen molar-refractivity contribution in [1.82, 2.24) is 0 Å². The summed E-state index contributed by atoms with van der Waals surface area (Å²) in [6.45, 7) is 9.40. The normalized spacial score (nSPS) is 14.2. The summed E-state index contributed by atoms with van der Waals surface area (Å²) >= 11 is 1.87. The van der Waals surface area contributed by atoms with Gasteiger partial charge in [0, 0.05) is 81.2 Å². The van der Waals surface area contributed by atoms with E-state index >= 15 is 0 Å². The van der Waals surface area contributed by atoms with Gasteiger partial charge in [0.25, 0.3) is 0 Å². The molecule has 0 amide bonds. The van der Waals surface area contributed by atoms with Gasteiger partial charge in [-0.25, -0.2) is 0 Å². The number of benzene rings is 10. The zero-order valence-electron chi connectivity index (χ0n) is 39.2. The van der Waals surface area contributed by atoms with Gasteiger partial charge in [-0.2, -0.15) is 0 Å². The molecule has 0 spiro atoms. The highest BCUT2D eigenvalue weighted by molar-refractivity contribution is 7.26. The van der Waals surface area contributed by atoms with E-state index in [2.05, 4.69) is 227 Å². The molecule has 13 aromatic rings. The van der Waals surface area contributed by atoms with Gasteiger partial charge in [-0.1, -0.05) is 161 Å². The third-order valence-electron chi connectivity index (χ3n) is 15.9. The number of thiophene rings is 1. The molecule has 0 N–H and O–H groups in total. The number of furan rings is 2. The van der Waals surface area contributed by atoms with Gasteiger partial charge in [0.05, 0.1) is 0 Å². The standard InChI is InChI=1S/C66H45NO2S/c1-65(2)53-20-9-5-14-44(53)46-31-26-39(34-55(46)65)61-62-51-17-7-11-22-57(51)68-59(62)37-52-48-33-30-42(36-58(48)69-63(52)61)67(41-29-32-47-45-15-6-10-21-54(45)66(3,4)56(47)35-41)40-27-24-38(25-28-40)43-18-13-19-50-49-16-8-12-23-60(49)70-64(43)50/h5-37H,1-4H3. The molecule has 3 aromatic heterocycles. The molecule has 332 valence electrons. The van der Waals surface area contributed by atoms with Crippen LogP contribution in [0.15, 0.2) is 209 Å². The summed E-state index contributed by atoms with van der Waals surface area (Å²) in [5.74, 6) is 0. The maximum absolute atomic E-state index is 7.29. The highest BCUT2D eigenvalue weighted by Crippen LogP contribution is 2.54. The van der Waals surface area contributed by atoms with Gasteiger partial charge < -0.3 is 13.7 Å². The second-order valence-corrected chi connectivity index (χ2v) is 21.4. The number of para-hydroxylation sites is 1. The summed E-state index contributed by atoms with van der Waals surface area (Å²) in [5, 5.41) is 6.86. The highest BCUT2D eigenvalue weighted by Gasteiger charge is 2.37. The van der Waals surface area contributed by atoms with E-state index in [1.54, 1.807) is 0 Å². The molecule has 0 aliphatic heterocycles. The van der Waals surface area contributed by atoms with Crippen LogP contribution < -0.4 is 4.90 Å². The smallest absolute Gasteiger partial charge is 0.144 e. The van der Waals surface area contributed by atoms with Crippen molar-refractivity contribution in [2.45, 2.75) is 38.5 Å². The fraction of sp³-hybridized carbons (Fsp3) is 0.0909. The molecule has 2 aliphatic rings. The van der Waals surface area contributed by atoms with Crippen molar-refractivity contribution in [2.75, 3.05) is 4.90 Å². The van der Waals surface area contributed by atoms with Crippen molar-refractivity contribution in [3.8, 4) is 44.5 Å². The van der Waals surface area contributed by atoms with E-state index < -0.39 is 0 Å². The fourth-order valence-electron chi connectivity index (χ4n) is 12.4. The molecule has 3 heterocycles. The lowest BCUT2D eigenvalue weighted by molar-refractivity contribution is 0.660. The first-order valence-electron chi connectivity index (χ1n) is 24.3. The number of nitrogens with zero attached hydrogens (tertiary/aromatic N) is 1. The number of fused-ring (bicyclic) bond motifs is 15. The van der Waals surface area contributed by atoms with Crippen molar-refractivity contribution >= 4 is 92.4 Å². The van der Waals surface area contributed by atoms with Crippen LogP contribution in [0.5, 0.6) is 0 Å². The molecule has 2 aliphatic carbocycles. The summed E-state index contributed by atoms with van der Waals surface area (Å²) in [4.78, 5) is 2.40. The Bertz CT molecular complexity index is 4370. The van der Waals surface area contributed by atoms with Crippen LogP contribution in [-0.2, 0) is 10.8 Å². The lowest BCUT2D eigenvalue weighted by atomic mass is 9.81. The minimum absolute atomic E-state index is 0.153. The van der Waals surface area contributed by atoms with E-state index in [-0.39, 0.29) is 10.8 Å². The van der Waals surface area contributed by atoms with Crippen LogP contribution in [0.25, 0.3) is 109 Å². The Balaban J connectivity index is 0.926. The average Bonchev–Trinajstić information content (AvgIpc) is 4.17. The minimum Gasteiger partial charge on any atom is -0.456 e. The molecule has 10 aromatic carbocycles. The predicted molar refractivity (Wildman–Crippen MR) is 295 cm³/mol. The van der Waals surface area contributed by atoms with Gasteiger partial charge in [-0.15, -0.1) is 11.3 Å². The van der Waals surface area contributed by atoms with E-state index in [0.717, 1.165) is 72.1 Å². The summed E-state index contributed by atoms with van der Waals surface area (Å²) in [7, 11) is 0. The molecule has 0 radical (unpaired) electrons. The van der Waals surface area contributed by atoms with Crippen LogP contribution in [0.2, 0.25) is 0 Å². The minimum atomic E-state index is -0.157. The molecule has 15 rings (SSSR count). The average molecular weight is 916 g/mol. The number of hydrogen-bond acceptors (Lipinski definition) is 4. The van der Waals surface area contributed by atoms with E-state index in [9.17, 15) is 0 Å². The topological polar surface area (TPSA) is 29.5 Å². The van der Waals surface area contributed by atoms with Gasteiger partial charge in [0.1, 0.15) is 22.3 Å². The van der Waals surface area contributed by atoms with Gasteiger partial charge >= 0.3 is 0 Å². The number of rotatable bonds is 5. The first kappa shape index (κ1) is 39.8. The van der Waals surface area contributed by atoms with Crippen molar-refractivity contribution < 1.29 is 8.83 Å². The van der Waals surface area contributed by atoms with Gasteiger partial charge in [-0.05, 0) is 122 Å². The molecule has 0 atom stereocenters. The molecular weight excluding hydrogens is 871 g/mol. The zero-order chi connectivity index (χ0) is 46.6. The second-order valence-electron chi connectivity index (χ2n) is 20.4. The van der Waals surface area contributed by atoms with Crippen molar-refractivity contribution in [2.24, 2.45) is 0 Å². The molecule has 70 heavy (non-hydrogen) atoms. The Kier molecular flexibility index (Phi) is 8.07. The van der Waals surface area contributed by atoms with Crippen LogP contribution in [0.4, 0.5) is 17.1 Å². The molecular formula is C66H45NO2S. The first-order valence-corrected chi connectivity index (χ1v) is 25.1. The summed E-state index contributed by atoms with van der Waals surface area (Å²) in [6, 6.07) is 73.7. The summed E-state index contributed by atoms with van der Waals surface area (Å²) < 4.78 is 16.6. The number of anilines is 3. The summed E-state index contributed by atoms with van der Waals surface area (Å²) in [5.41, 5.74) is 21.5. The van der Waals surface area contributed by atoms with Crippen molar-refractivity contribution in [3.05, 3.63) is 222 Å². The van der Waals surface area contributed by atoms with Crippen molar-refractivity contribution in [1.29, 1.82) is 0 Å². The quantitative estimate of drug-likeness (QED) is 0.172. The van der Waals surface area contributed by atoms with Crippen LogP contribution in [0.3, 0.4) is 0 Å². The molecule has 0 saturated heterocycles. The molecule has 0 fully saturated rings. The van der Waals surface area contributed by atoms with E-state index in [0.29, 0.717) is 0 Å². The Labute approximate surface area is 409 Å². The third kappa shape index (κ3) is 5.45. The Hall–Kier alpha value is -8.18. The van der Waals surface area contributed by atoms with Gasteiger partial charge in [0.15, 0.2) is 0 Å². The Morgan fingerprint density at radius 3 is 1.74 bits per heavy atom. The molecule has 0 saturated carbocycles. The predicted octanol–water partition coefficient (Wildman–Crippen LogP) is 19.3. The highest BCUT2D eigenvalue weighted by atomic mass is 32.1. The van der Waals surface area contributed by atoms with E-state index in [1.807, 2.05) is 17.4 Å². The van der Waals surface area contributed by atoms with Crippen molar-refractivity contribution in [3.63, 3.8) is 0 Å². The lowest BCUT2D eigenvalue weighted by Crippen LogP contribution is -2.16. The lowest BCUT2D eigenvalue weighted by Gasteiger charge is -2.28. The first-order chi connectivity index (χ1) is 34.2.